The molecule has 0 aromatic heterocycles. The molecule has 0 unspecified atom stereocenters. The van der Waals surface area contributed by atoms with Gasteiger partial charge in [-0.15, -0.1) is 0 Å². The van der Waals surface area contributed by atoms with Crippen LogP contribution in [0.5, 0.6) is 5.75 Å². The maximum atomic E-state index is 12.4. The molecule has 0 bridgehead atoms. The second kappa shape index (κ2) is 9.07. The van der Waals surface area contributed by atoms with Gasteiger partial charge in [-0.3, -0.25) is 4.79 Å². The van der Waals surface area contributed by atoms with Crippen molar-refractivity contribution in [2.24, 2.45) is 5.41 Å². The molecule has 1 aliphatic rings. The third-order valence-electron chi connectivity index (χ3n) is 5.15. The smallest absolute Gasteiger partial charge is 0.230 e. The van der Waals surface area contributed by atoms with Gasteiger partial charge in [-0.05, 0) is 56.6 Å². The molecule has 1 aromatic rings. The third-order valence-corrected chi connectivity index (χ3v) is 5.15. The highest BCUT2D eigenvalue weighted by Crippen LogP contribution is 2.38. The molecule has 1 amide bonds. The fraction of sp³-hybridized carbons (Fsp3) is 0.650. The van der Waals surface area contributed by atoms with Gasteiger partial charge in [0.15, 0.2) is 0 Å². The summed E-state index contributed by atoms with van der Waals surface area (Å²) in [6, 6.07) is 7.72. The number of ether oxygens (including phenoxy) is 1. The summed E-state index contributed by atoms with van der Waals surface area (Å²) < 4.78 is 5.79. The Labute approximate surface area is 146 Å². The Bertz CT molecular complexity index is 503. The molecule has 0 aliphatic heterocycles. The highest BCUT2D eigenvalue weighted by atomic mass is 16.5. The molecule has 24 heavy (non-hydrogen) atoms. The summed E-state index contributed by atoms with van der Waals surface area (Å²) in [5.41, 5.74) is 0.656. The van der Waals surface area contributed by atoms with Crippen molar-refractivity contribution in [1.29, 1.82) is 0 Å². The molecule has 4 nitrogen and oxygen atoms in total. The van der Waals surface area contributed by atoms with Gasteiger partial charge in [0.1, 0.15) is 5.75 Å². The topological polar surface area (TPSA) is 41.6 Å². The standard InChI is InChI=1S/C20H32N2O2/c1-4-22(5-2)15-8-16-24-18-11-9-17(10-12-18)21-19(23)20(3)13-6-7-14-20/h9-12H,4-8,13-16H2,1-3H3,(H,21,23). The van der Waals surface area contributed by atoms with E-state index in [0.717, 1.165) is 69.8 Å². The average molecular weight is 332 g/mol. The molecule has 0 atom stereocenters. The van der Waals surface area contributed by atoms with Crippen LogP contribution in [0.3, 0.4) is 0 Å². The molecule has 1 N–H and O–H groups in total. The maximum Gasteiger partial charge on any atom is 0.230 e. The number of amides is 1. The van der Waals surface area contributed by atoms with E-state index in [0.29, 0.717) is 0 Å². The van der Waals surface area contributed by atoms with E-state index in [1.165, 1.54) is 0 Å². The van der Waals surface area contributed by atoms with Crippen LogP contribution in [0.25, 0.3) is 0 Å². The Morgan fingerprint density at radius 3 is 2.38 bits per heavy atom. The van der Waals surface area contributed by atoms with Gasteiger partial charge in [-0.25, -0.2) is 0 Å². The van der Waals surface area contributed by atoms with Crippen molar-refractivity contribution >= 4 is 11.6 Å². The van der Waals surface area contributed by atoms with Crippen LogP contribution in [0, 0.1) is 5.41 Å². The predicted molar refractivity (Wildman–Crippen MR) is 99.5 cm³/mol. The molecule has 2 rings (SSSR count). The van der Waals surface area contributed by atoms with Gasteiger partial charge >= 0.3 is 0 Å². The van der Waals surface area contributed by atoms with E-state index in [2.05, 4.69) is 31.0 Å². The third kappa shape index (κ3) is 5.23. The zero-order chi connectivity index (χ0) is 17.4. The molecule has 0 heterocycles. The summed E-state index contributed by atoms with van der Waals surface area (Å²) in [5, 5.41) is 3.05. The summed E-state index contributed by atoms with van der Waals surface area (Å²) in [4.78, 5) is 14.8. The fourth-order valence-electron chi connectivity index (χ4n) is 3.32. The Hall–Kier alpha value is -1.55. The molecule has 1 saturated carbocycles. The van der Waals surface area contributed by atoms with Crippen molar-refractivity contribution in [3.63, 3.8) is 0 Å². The van der Waals surface area contributed by atoms with Crippen LogP contribution in [-0.2, 0) is 4.79 Å². The van der Waals surface area contributed by atoms with E-state index >= 15 is 0 Å². The van der Waals surface area contributed by atoms with Gasteiger partial charge in [0.2, 0.25) is 5.91 Å². The SMILES string of the molecule is CCN(CC)CCCOc1ccc(NC(=O)C2(C)CCCC2)cc1. The summed E-state index contributed by atoms with van der Waals surface area (Å²) in [5.74, 6) is 1.01. The van der Waals surface area contributed by atoms with Gasteiger partial charge in [0.25, 0.3) is 0 Å². The van der Waals surface area contributed by atoms with Crippen molar-refractivity contribution in [1.82, 2.24) is 4.90 Å². The van der Waals surface area contributed by atoms with Crippen molar-refractivity contribution < 1.29 is 9.53 Å². The minimum absolute atomic E-state index is 0.146. The minimum atomic E-state index is -0.195. The zero-order valence-corrected chi connectivity index (χ0v) is 15.4. The van der Waals surface area contributed by atoms with Crippen LogP contribution in [0.2, 0.25) is 0 Å². The number of carbonyl (C=O) groups excluding carboxylic acids is 1. The molecular formula is C20H32N2O2. The van der Waals surface area contributed by atoms with Crippen LogP contribution >= 0.6 is 0 Å². The van der Waals surface area contributed by atoms with Gasteiger partial charge in [-0.1, -0.05) is 33.6 Å². The second-order valence-electron chi connectivity index (χ2n) is 6.98. The number of hydrogen-bond donors (Lipinski definition) is 1. The first-order valence-electron chi connectivity index (χ1n) is 9.34. The first kappa shape index (κ1) is 18.8. The first-order chi connectivity index (χ1) is 11.6. The number of nitrogens with zero attached hydrogens (tertiary/aromatic N) is 1. The van der Waals surface area contributed by atoms with Crippen LogP contribution in [-0.4, -0.2) is 37.0 Å². The van der Waals surface area contributed by atoms with Gasteiger partial charge in [0, 0.05) is 17.6 Å². The molecule has 134 valence electrons. The monoisotopic (exact) mass is 332 g/mol. The number of rotatable bonds is 9. The summed E-state index contributed by atoms with van der Waals surface area (Å²) in [6.45, 7) is 10.4. The quantitative estimate of drug-likeness (QED) is 0.685. The van der Waals surface area contributed by atoms with Crippen LogP contribution in [0.4, 0.5) is 5.69 Å². The Balaban J connectivity index is 1.75. The van der Waals surface area contributed by atoms with Crippen molar-refractivity contribution in [3.05, 3.63) is 24.3 Å². The zero-order valence-electron chi connectivity index (χ0n) is 15.4. The van der Waals surface area contributed by atoms with Crippen molar-refractivity contribution in [2.45, 2.75) is 52.9 Å². The molecule has 0 spiro atoms. The largest absolute Gasteiger partial charge is 0.494 e. The summed E-state index contributed by atoms with van der Waals surface area (Å²) in [6.07, 6.45) is 5.33. The molecule has 1 aromatic carbocycles. The molecule has 4 heteroatoms. The minimum Gasteiger partial charge on any atom is -0.494 e. The van der Waals surface area contributed by atoms with Gasteiger partial charge in [-0.2, -0.15) is 0 Å². The van der Waals surface area contributed by atoms with E-state index in [9.17, 15) is 4.79 Å². The molecule has 0 saturated heterocycles. The van der Waals surface area contributed by atoms with Crippen LogP contribution < -0.4 is 10.1 Å². The normalized spacial score (nSPS) is 16.3. The summed E-state index contributed by atoms with van der Waals surface area (Å²) in [7, 11) is 0. The molecule has 1 fully saturated rings. The van der Waals surface area contributed by atoms with E-state index < -0.39 is 0 Å². The molecule has 1 aliphatic carbocycles. The Morgan fingerprint density at radius 2 is 1.79 bits per heavy atom. The highest BCUT2D eigenvalue weighted by molar-refractivity contribution is 5.95. The molecular weight excluding hydrogens is 300 g/mol. The number of benzene rings is 1. The maximum absolute atomic E-state index is 12.4. The van der Waals surface area contributed by atoms with E-state index in [1.807, 2.05) is 24.3 Å². The van der Waals surface area contributed by atoms with Crippen molar-refractivity contribution in [3.8, 4) is 5.75 Å². The fourth-order valence-corrected chi connectivity index (χ4v) is 3.32. The van der Waals surface area contributed by atoms with Gasteiger partial charge < -0.3 is 15.0 Å². The van der Waals surface area contributed by atoms with E-state index in [-0.39, 0.29) is 11.3 Å². The Morgan fingerprint density at radius 1 is 1.17 bits per heavy atom. The predicted octanol–water partition coefficient (Wildman–Crippen LogP) is 4.32. The summed E-state index contributed by atoms with van der Waals surface area (Å²) >= 11 is 0. The van der Waals surface area contributed by atoms with E-state index in [4.69, 9.17) is 4.74 Å². The highest BCUT2D eigenvalue weighted by Gasteiger charge is 2.36. The number of nitrogens with one attached hydrogen (secondary N) is 1. The Kier molecular flexibility index (Phi) is 7.10. The first-order valence-corrected chi connectivity index (χ1v) is 9.34. The van der Waals surface area contributed by atoms with Gasteiger partial charge in [0.05, 0.1) is 6.61 Å². The number of hydrogen-bond acceptors (Lipinski definition) is 3. The lowest BCUT2D eigenvalue weighted by Gasteiger charge is -2.22. The lowest BCUT2D eigenvalue weighted by molar-refractivity contribution is -0.124. The van der Waals surface area contributed by atoms with Crippen molar-refractivity contribution in [2.75, 3.05) is 31.6 Å². The number of carbonyl (C=O) groups is 1. The average Bonchev–Trinajstić information content (AvgIpc) is 3.04. The molecule has 0 radical (unpaired) electrons. The van der Waals surface area contributed by atoms with Crippen LogP contribution in [0.15, 0.2) is 24.3 Å². The lowest BCUT2D eigenvalue weighted by atomic mass is 9.88. The number of anilines is 1. The van der Waals surface area contributed by atoms with Crippen LogP contribution in [0.1, 0.15) is 52.9 Å². The second-order valence-corrected chi connectivity index (χ2v) is 6.98. The lowest BCUT2D eigenvalue weighted by Crippen LogP contribution is -2.30. The van der Waals surface area contributed by atoms with E-state index in [1.54, 1.807) is 0 Å².